The Bertz CT molecular complexity index is 352. The number of rotatable bonds is 2. The second-order valence-electron chi connectivity index (χ2n) is 3.82. The minimum Gasteiger partial charge on any atom is -0.303 e. The molecule has 1 aliphatic rings. The van der Waals surface area contributed by atoms with Crippen LogP contribution in [-0.2, 0) is 4.79 Å². The lowest BCUT2D eigenvalue weighted by Gasteiger charge is -2.15. The fourth-order valence-corrected chi connectivity index (χ4v) is 2.14. The SMILES string of the molecule is CC1NNC(c2ccc(Br)cc2)C1C=O. The minimum absolute atomic E-state index is 0.00817. The molecule has 0 aromatic heterocycles. The van der Waals surface area contributed by atoms with Crippen LogP contribution in [0.5, 0.6) is 0 Å². The van der Waals surface area contributed by atoms with Crippen LogP contribution in [0.3, 0.4) is 0 Å². The number of benzene rings is 1. The van der Waals surface area contributed by atoms with Crippen LogP contribution in [0.15, 0.2) is 28.7 Å². The summed E-state index contributed by atoms with van der Waals surface area (Å²) >= 11 is 3.39. The van der Waals surface area contributed by atoms with Crippen LogP contribution in [0.2, 0.25) is 0 Å². The van der Waals surface area contributed by atoms with Crippen molar-refractivity contribution in [1.82, 2.24) is 10.9 Å². The molecule has 1 heterocycles. The quantitative estimate of drug-likeness (QED) is 0.804. The number of carbonyl (C=O) groups is 1. The number of halogens is 1. The lowest BCUT2D eigenvalue weighted by molar-refractivity contribution is -0.111. The average molecular weight is 269 g/mol. The molecule has 0 saturated carbocycles. The molecule has 15 heavy (non-hydrogen) atoms. The Kier molecular flexibility index (Phi) is 3.19. The van der Waals surface area contributed by atoms with E-state index in [2.05, 4.69) is 26.8 Å². The van der Waals surface area contributed by atoms with E-state index in [9.17, 15) is 4.79 Å². The van der Waals surface area contributed by atoms with E-state index in [4.69, 9.17) is 0 Å². The second kappa shape index (κ2) is 4.43. The monoisotopic (exact) mass is 268 g/mol. The van der Waals surface area contributed by atoms with Gasteiger partial charge in [-0.25, -0.2) is 5.43 Å². The molecule has 2 N–H and O–H groups in total. The van der Waals surface area contributed by atoms with Gasteiger partial charge in [0.2, 0.25) is 0 Å². The number of hydrazine groups is 1. The molecule has 0 aliphatic carbocycles. The molecule has 3 unspecified atom stereocenters. The summed E-state index contributed by atoms with van der Waals surface area (Å²) in [7, 11) is 0. The van der Waals surface area contributed by atoms with Gasteiger partial charge in [0, 0.05) is 10.5 Å². The number of hydrogen-bond acceptors (Lipinski definition) is 3. The zero-order valence-corrected chi connectivity index (χ0v) is 9.99. The summed E-state index contributed by atoms with van der Waals surface area (Å²) in [6, 6.07) is 8.28. The summed E-state index contributed by atoms with van der Waals surface area (Å²) in [4.78, 5) is 11.0. The standard InChI is InChI=1S/C11H13BrN2O/c1-7-10(6-15)11(14-13-7)8-2-4-9(12)5-3-8/h2-7,10-11,13-14H,1H3. The van der Waals surface area contributed by atoms with Gasteiger partial charge in [0.05, 0.1) is 12.0 Å². The van der Waals surface area contributed by atoms with E-state index >= 15 is 0 Å². The second-order valence-corrected chi connectivity index (χ2v) is 4.74. The van der Waals surface area contributed by atoms with Gasteiger partial charge in [0.1, 0.15) is 6.29 Å². The Balaban J connectivity index is 2.23. The van der Waals surface area contributed by atoms with Gasteiger partial charge in [-0.1, -0.05) is 28.1 Å². The maximum atomic E-state index is 11.0. The Hall–Kier alpha value is -0.710. The first-order valence-corrected chi connectivity index (χ1v) is 5.73. The zero-order valence-electron chi connectivity index (χ0n) is 8.41. The lowest BCUT2D eigenvalue weighted by Crippen LogP contribution is -2.29. The van der Waals surface area contributed by atoms with Crippen LogP contribution in [0.4, 0.5) is 0 Å². The van der Waals surface area contributed by atoms with Crippen molar-refractivity contribution < 1.29 is 4.79 Å². The van der Waals surface area contributed by atoms with Gasteiger partial charge in [-0.15, -0.1) is 0 Å². The zero-order chi connectivity index (χ0) is 10.8. The van der Waals surface area contributed by atoms with Crippen LogP contribution >= 0.6 is 15.9 Å². The molecule has 3 atom stereocenters. The van der Waals surface area contributed by atoms with E-state index in [0.717, 1.165) is 16.3 Å². The molecule has 1 aromatic carbocycles. The van der Waals surface area contributed by atoms with E-state index in [1.165, 1.54) is 0 Å². The van der Waals surface area contributed by atoms with E-state index in [1.807, 2.05) is 31.2 Å². The van der Waals surface area contributed by atoms with Gasteiger partial charge >= 0.3 is 0 Å². The first kappa shape index (κ1) is 10.8. The summed E-state index contributed by atoms with van der Waals surface area (Å²) in [5, 5.41) is 0. The third kappa shape index (κ3) is 2.12. The van der Waals surface area contributed by atoms with E-state index in [1.54, 1.807) is 0 Å². The van der Waals surface area contributed by atoms with Crippen molar-refractivity contribution in [1.29, 1.82) is 0 Å². The molecule has 1 aliphatic heterocycles. The molecule has 0 bridgehead atoms. The third-order valence-electron chi connectivity index (χ3n) is 2.82. The molecule has 4 heteroatoms. The molecule has 80 valence electrons. The van der Waals surface area contributed by atoms with Crippen molar-refractivity contribution in [3.8, 4) is 0 Å². The van der Waals surface area contributed by atoms with Crippen molar-refractivity contribution in [2.45, 2.75) is 19.0 Å². The first-order chi connectivity index (χ1) is 7.22. The van der Waals surface area contributed by atoms with Gasteiger partial charge in [-0.3, -0.25) is 5.43 Å². The highest BCUT2D eigenvalue weighted by Gasteiger charge is 2.33. The first-order valence-electron chi connectivity index (χ1n) is 4.94. The van der Waals surface area contributed by atoms with E-state index in [-0.39, 0.29) is 18.0 Å². The van der Waals surface area contributed by atoms with Gasteiger partial charge in [-0.05, 0) is 24.6 Å². The fraction of sp³-hybridized carbons (Fsp3) is 0.364. The van der Waals surface area contributed by atoms with Gasteiger partial charge in [0.15, 0.2) is 0 Å². The normalized spacial score (nSPS) is 30.4. The molecular formula is C11H13BrN2O. The highest BCUT2D eigenvalue weighted by atomic mass is 79.9. The average Bonchev–Trinajstić information content (AvgIpc) is 2.61. The van der Waals surface area contributed by atoms with Gasteiger partial charge in [-0.2, -0.15) is 0 Å². The summed E-state index contributed by atoms with van der Waals surface area (Å²) in [5.74, 6) is -0.00817. The Morgan fingerprint density at radius 3 is 2.53 bits per heavy atom. The van der Waals surface area contributed by atoms with Gasteiger partial charge < -0.3 is 4.79 Å². The summed E-state index contributed by atoms with van der Waals surface area (Å²) < 4.78 is 1.05. The highest BCUT2D eigenvalue weighted by molar-refractivity contribution is 9.10. The van der Waals surface area contributed by atoms with Crippen LogP contribution in [0, 0.1) is 5.92 Å². The van der Waals surface area contributed by atoms with Crippen LogP contribution in [0.1, 0.15) is 18.5 Å². The molecule has 1 fully saturated rings. The van der Waals surface area contributed by atoms with Crippen molar-refractivity contribution >= 4 is 22.2 Å². The lowest BCUT2D eigenvalue weighted by atomic mass is 9.92. The predicted octanol–water partition coefficient (Wildman–Crippen LogP) is 1.80. The maximum absolute atomic E-state index is 11.0. The summed E-state index contributed by atoms with van der Waals surface area (Å²) in [6.45, 7) is 2.00. The number of hydrogen-bond donors (Lipinski definition) is 2. The van der Waals surface area contributed by atoms with Crippen molar-refractivity contribution in [3.05, 3.63) is 34.3 Å². The molecule has 1 aromatic rings. The highest BCUT2D eigenvalue weighted by Crippen LogP contribution is 2.27. The predicted molar refractivity (Wildman–Crippen MR) is 62.2 cm³/mol. The smallest absolute Gasteiger partial charge is 0.126 e. The van der Waals surface area contributed by atoms with E-state index < -0.39 is 0 Å². The fourth-order valence-electron chi connectivity index (χ4n) is 1.87. The van der Waals surface area contributed by atoms with Crippen molar-refractivity contribution in [2.75, 3.05) is 0 Å². The molecule has 0 radical (unpaired) electrons. The third-order valence-corrected chi connectivity index (χ3v) is 3.34. The topological polar surface area (TPSA) is 41.1 Å². The van der Waals surface area contributed by atoms with Crippen LogP contribution < -0.4 is 10.9 Å². The largest absolute Gasteiger partial charge is 0.303 e. The molecule has 0 spiro atoms. The van der Waals surface area contributed by atoms with Crippen molar-refractivity contribution in [3.63, 3.8) is 0 Å². The number of carbonyl (C=O) groups excluding carboxylic acids is 1. The molecule has 2 rings (SSSR count). The minimum atomic E-state index is -0.00817. The van der Waals surface area contributed by atoms with Crippen LogP contribution in [0.25, 0.3) is 0 Å². The number of aldehydes is 1. The molecular weight excluding hydrogens is 256 g/mol. The molecule has 1 saturated heterocycles. The van der Waals surface area contributed by atoms with E-state index in [0.29, 0.717) is 0 Å². The van der Waals surface area contributed by atoms with Crippen LogP contribution in [-0.4, -0.2) is 12.3 Å². The van der Waals surface area contributed by atoms with Crippen molar-refractivity contribution in [2.24, 2.45) is 5.92 Å². The Morgan fingerprint density at radius 1 is 1.27 bits per heavy atom. The Labute approximate surface area is 97.3 Å². The molecule has 0 amide bonds. The Morgan fingerprint density at radius 2 is 1.93 bits per heavy atom. The summed E-state index contributed by atoms with van der Waals surface area (Å²) in [5.41, 5.74) is 7.37. The summed E-state index contributed by atoms with van der Waals surface area (Å²) in [6.07, 6.45) is 1.02. The molecule has 3 nitrogen and oxygen atoms in total. The number of nitrogens with one attached hydrogen (secondary N) is 2. The maximum Gasteiger partial charge on any atom is 0.126 e. The van der Waals surface area contributed by atoms with Gasteiger partial charge in [0.25, 0.3) is 0 Å².